The van der Waals surface area contributed by atoms with E-state index in [0.717, 1.165) is 15.9 Å². The summed E-state index contributed by atoms with van der Waals surface area (Å²) in [6.07, 6.45) is 5.32. The molecule has 0 spiro atoms. The molecule has 0 radical (unpaired) electrons. The molecule has 22 heavy (non-hydrogen) atoms. The van der Waals surface area contributed by atoms with Gasteiger partial charge in [-0.3, -0.25) is 9.69 Å². The fourth-order valence-corrected chi connectivity index (χ4v) is 3.26. The standard InChI is InChI=1S/C16H12N4OS/c1-19(16-18-12-4-2-3-5-13(12)22-16)15(21)11-6-7-14-17-8-9-20(14)10-11/h2-10H,1H3. The number of imidazole rings is 1. The molecule has 0 unspecified atom stereocenters. The van der Waals surface area contributed by atoms with E-state index in [2.05, 4.69) is 9.97 Å². The number of carbonyl (C=O) groups excluding carboxylic acids is 1. The van der Waals surface area contributed by atoms with Gasteiger partial charge in [0.05, 0.1) is 15.8 Å². The summed E-state index contributed by atoms with van der Waals surface area (Å²) in [6.45, 7) is 0. The van der Waals surface area contributed by atoms with E-state index in [1.54, 1.807) is 30.4 Å². The van der Waals surface area contributed by atoms with Crippen LogP contribution < -0.4 is 4.90 Å². The average molecular weight is 308 g/mol. The van der Waals surface area contributed by atoms with Gasteiger partial charge < -0.3 is 4.40 Å². The quantitative estimate of drug-likeness (QED) is 0.571. The van der Waals surface area contributed by atoms with Crippen LogP contribution >= 0.6 is 11.3 Å². The van der Waals surface area contributed by atoms with Crippen molar-refractivity contribution in [2.75, 3.05) is 11.9 Å². The number of hydrogen-bond acceptors (Lipinski definition) is 4. The molecule has 0 saturated carbocycles. The molecule has 0 saturated heterocycles. The summed E-state index contributed by atoms with van der Waals surface area (Å²) in [7, 11) is 1.75. The second-order valence-corrected chi connectivity index (χ2v) is 5.95. The highest BCUT2D eigenvalue weighted by atomic mass is 32.1. The van der Waals surface area contributed by atoms with Crippen molar-refractivity contribution in [1.82, 2.24) is 14.4 Å². The molecule has 108 valence electrons. The molecule has 0 fully saturated rings. The molecule has 0 aliphatic rings. The lowest BCUT2D eigenvalue weighted by Gasteiger charge is -2.13. The Hall–Kier alpha value is -2.73. The Balaban J connectivity index is 1.71. The molecule has 4 aromatic rings. The fourth-order valence-electron chi connectivity index (χ4n) is 2.33. The van der Waals surface area contributed by atoms with Crippen molar-refractivity contribution in [1.29, 1.82) is 0 Å². The second-order valence-electron chi connectivity index (χ2n) is 4.94. The summed E-state index contributed by atoms with van der Waals surface area (Å²) in [4.78, 5) is 22.9. The lowest BCUT2D eigenvalue weighted by atomic mass is 10.2. The molecule has 0 atom stereocenters. The Morgan fingerprint density at radius 2 is 2.09 bits per heavy atom. The van der Waals surface area contributed by atoms with Gasteiger partial charge in [-0.1, -0.05) is 23.5 Å². The van der Waals surface area contributed by atoms with Gasteiger partial charge in [0.1, 0.15) is 5.65 Å². The van der Waals surface area contributed by atoms with Gasteiger partial charge in [-0.15, -0.1) is 0 Å². The number of nitrogens with zero attached hydrogens (tertiary/aromatic N) is 4. The summed E-state index contributed by atoms with van der Waals surface area (Å²) < 4.78 is 2.90. The first-order chi connectivity index (χ1) is 10.7. The summed E-state index contributed by atoms with van der Waals surface area (Å²) in [5.74, 6) is -0.0883. The molecular weight excluding hydrogens is 296 g/mol. The van der Waals surface area contributed by atoms with E-state index >= 15 is 0 Å². The number of thiazole rings is 1. The Kier molecular flexibility index (Phi) is 2.90. The monoisotopic (exact) mass is 308 g/mol. The Labute approximate surface area is 130 Å². The minimum absolute atomic E-state index is 0.0883. The summed E-state index contributed by atoms with van der Waals surface area (Å²) in [6, 6.07) is 11.5. The van der Waals surface area contributed by atoms with E-state index in [9.17, 15) is 4.79 Å². The van der Waals surface area contributed by atoms with Crippen LogP contribution in [0.15, 0.2) is 55.0 Å². The SMILES string of the molecule is CN(C(=O)c1ccc2nccn2c1)c1nc2ccccc2s1. The van der Waals surface area contributed by atoms with Crippen molar-refractivity contribution in [3.63, 3.8) is 0 Å². The second kappa shape index (κ2) is 4.92. The lowest BCUT2D eigenvalue weighted by Crippen LogP contribution is -2.26. The summed E-state index contributed by atoms with van der Waals surface area (Å²) in [5.41, 5.74) is 2.33. The predicted molar refractivity (Wildman–Crippen MR) is 87.5 cm³/mol. The largest absolute Gasteiger partial charge is 0.306 e. The van der Waals surface area contributed by atoms with Crippen molar-refractivity contribution in [2.24, 2.45) is 0 Å². The van der Waals surface area contributed by atoms with Gasteiger partial charge in [-0.2, -0.15) is 0 Å². The first-order valence-corrected chi connectivity index (χ1v) is 7.60. The van der Waals surface area contributed by atoms with Crippen LogP contribution in [-0.4, -0.2) is 27.3 Å². The van der Waals surface area contributed by atoms with Crippen molar-refractivity contribution in [3.05, 3.63) is 60.6 Å². The zero-order valence-corrected chi connectivity index (χ0v) is 12.6. The van der Waals surface area contributed by atoms with E-state index in [1.165, 1.54) is 11.3 Å². The molecule has 1 amide bonds. The first kappa shape index (κ1) is 13.0. The van der Waals surface area contributed by atoms with Crippen LogP contribution in [0.2, 0.25) is 0 Å². The third kappa shape index (κ3) is 2.05. The maximum absolute atomic E-state index is 12.6. The van der Waals surface area contributed by atoms with Gasteiger partial charge in [0.15, 0.2) is 5.13 Å². The molecule has 0 N–H and O–H groups in total. The van der Waals surface area contributed by atoms with E-state index in [4.69, 9.17) is 0 Å². The Bertz CT molecular complexity index is 955. The van der Waals surface area contributed by atoms with Crippen LogP contribution in [0.25, 0.3) is 15.9 Å². The topological polar surface area (TPSA) is 50.5 Å². The molecule has 0 aliphatic heterocycles. The number of anilines is 1. The number of amides is 1. The maximum Gasteiger partial charge on any atom is 0.261 e. The van der Waals surface area contributed by atoms with Crippen LogP contribution in [0.1, 0.15) is 10.4 Å². The average Bonchev–Trinajstić information content (AvgIpc) is 3.18. The molecule has 6 heteroatoms. The number of carbonyl (C=O) groups is 1. The number of aromatic nitrogens is 3. The van der Waals surface area contributed by atoms with Crippen LogP contribution in [0.3, 0.4) is 0 Å². The maximum atomic E-state index is 12.6. The normalized spacial score (nSPS) is 11.1. The smallest absolute Gasteiger partial charge is 0.261 e. The predicted octanol–water partition coefficient (Wildman–Crippen LogP) is 3.22. The van der Waals surface area contributed by atoms with Crippen LogP contribution in [0.4, 0.5) is 5.13 Å². The molecule has 4 rings (SSSR count). The van der Waals surface area contributed by atoms with E-state index < -0.39 is 0 Å². The van der Waals surface area contributed by atoms with Crippen molar-refractivity contribution >= 4 is 38.2 Å². The number of benzene rings is 1. The molecule has 3 aromatic heterocycles. The molecule has 1 aromatic carbocycles. The summed E-state index contributed by atoms with van der Waals surface area (Å²) >= 11 is 1.51. The Morgan fingerprint density at radius 3 is 2.95 bits per heavy atom. The van der Waals surface area contributed by atoms with Gasteiger partial charge in [0.2, 0.25) is 0 Å². The fraction of sp³-hybridized carbons (Fsp3) is 0.0625. The molecule has 5 nitrogen and oxygen atoms in total. The van der Waals surface area contributed by atoms with Crippen LogP contribution in [-0.2, 0) is 0 Å². The molecule has 3 heterocycles. The zero-order chi connectivity index (χ0) is 15.1. The number of pyridine rings is 1. The highest BCUT2D eigenvalue weighted by Gasteiger charge is 2.17. The van der Waals surface area contributed by atoms with Crippen LogP contribution in [0.5, 0.6) is 0 Å². The number of para-hydroxylation sites is 1. The number of hydrogen-bond donors (Lipinski definition) is 0. The van der Waals surface area contributed by atoms with Gasteiger partial charge in [-0.25, -0.2) is 9.97 Å². The lowest BCUT2D eigenvalue weighted by molar-refractivity contribution is 0.0992. The number of fused-ring (bicyclic) bond motifs is 2. The highest BCUT2D eigenvalue weighted by molar-refractivity contribution is 7.22. The minimum Gasteiger partial charge on any atom is -0.306 e. The van der Waals surface area contributed by atoms with Gasteiger partial charge in [0, 0.05) is 25.6 Å². The first-order valence-electron chi connectivity index (χ1n) is 6.79. The highest BCUT2D eigenvalue weighted by Crippen LogP contribution is 2.28. The summed E-state index contributed by atoms with van der Waals surface area (Å²) in [5, 5.41) is 0.692. The van der Waals surface area contributed by atoms with Crippen molar-refractivity contribution < 1.29 is 4.79 Å². The van der Waals surface area contributed by atoms with Crippen molar-refractivity contribution in [3.8, 4) is 0 Å². The molecule has 0 aliphatic carbocycles. The zero-order valence-electron chi connectivity index (χ0n) is 11.8. The van der Waals surface area contributed by atoms with E-state index in [-0.39, 0.29) is 5.91 Å². The minimum atomic E-state index is -0.0883. The Morgan fingerprint density at radius 1 is 1.23 bits per heavy atom. The van der Waals surface area contributed by atoms with E-state index in [0.29, 0.717) is 10.7 Å². The third-order valence-corrected chi connectivity index (χ3v) is 4.62. The number of rotatable bonds is 2. The van der Waals surface area contributed by atoms with Gasteiger partial charge in [0.25, 0.3) is 5.91 Å². The van der Waals surface area contributed by atoms with Gasteiger partial charge >= 0.3 is 0 Å². The molecular formula is C16H12N4OS. The van der Waals surface area contributed by atoms with E-state index in [1.807, 2.05) is 40.9 Å². The van der Waals surface area contributed by atoms with Crippen LogP contribution in [0, 0.1) is 0 Å². The van der Waals surface area contributed by atoms with Gasteiger partial charge in [-0.05, 0) is 24.3 Å². The third-order valence-electron chi connectivity index (χ3n) is 3.51. The van der Waals surface area contributed by atoms with Crippen molar-refractivity contribution in [2.45, 2.75) is 0 Å². The molecule has 0 bridgehead atoms.